The Morgan fingerprint density at radius 3 is 2.94 bits per heavy atom. The number of rotatable bonds is 3. The summed E-state index contributed by atoms with van der Waals surface area (Å²) in [7, 11) is 1.84. The van der Waals surface area contributed by atoms with Gasteiger partial charge in [0.15, 0.2) is 0 Å². The van der Waals surface area contributed by atoms with Crippen LogP contribution >= 0.6 is 0 Å². The van der Waals surface area contributed by atoms with Crippen molar-refractivity contribution in [3.05, 3.63) is 47.0 Å². The van der Waals surface area contributed by atoms with Crippen molar-refractivity contribution in [2.24, 2.45) is 7.05 Å². The molecule has 0 saturated carbocycles. The van der Waals surface area contributed by atoms with Crippen LogP contribution in [0.5, 0.6) is 0 Å². The molecule has 4 nitrogen and oxygen atoms in total. The van der Waals surface area contributed by atoms with E-state index in [-0.39, 0.29) is 0 Å². The Morgan fingerprint density at radius 1 is 1.33 bits per heavy atom. The van der Waals surface area contributed by atoms with Crippen LogP contribution in [-0.2, 0) is 26.3 Å². The lowest BCUT2D eigenvalue weighted by molar-refractivity contribution is 0.174. The Kier molecular flexibility index (Phi) is 2.88. The molecule has 0 radical (unpaired) electrons. The monoisotopic (exact) mass is 243 g/mol. The standard InChI is InChI=1S/C14H17N3O/c1-17-14(15-9-16-17)8-13(18)12-6-5-10-3-2-4-11(10)7-12/h5-7,9,13,18H,2-4,8H2,1H3. The molecule has 3 rings (SSSR count). The number of aromatic nitrogens is 3. The molecular weight excluding hydrogens is 226 g/mol. The molecule has 1 aromatic carbocycles. The molecule has 1 atom stereocenters. The molecule has 1 heterocycles. The maximum absolute atomic E-state index is 10.3. The second-order valence-electron chi connectivity index (χ2n) is 4.90. The molecule has 4 heteroatoms. The highest BCUT2D eigenvalue weighted by atomic mass is 16.3. The zero-order valence-electron chi connectivity index (χ0n) is 10.5. The average Bonchev–Trinajstić information content (AvgIpc) is 2.98. The largest absolute Gasteiger partial charge is 0.388 e. The van der Waals surface area contributed by atoms with Crippen LogP contribution in [0, 0.1) is 0 Å². The molecule has 1 aliphatic carbocycles. The van der Waals surface area contributed by atoms with E-state index >= 15 is 0 Å². The van der Waals surface area contributed by atoms with Crippen molar-refractivity contribution in [2.75, 3.05) is 0 Å². The van der Waals surface area contributed by atoms with E-state index in [9.17, 15) is 5.11 Å². The van der Waals surface area contributed by atoms with Gasteiger partial charge in [0, 0.05) is 13.5 Å². The van der Waals surface area contributed by atoms with Crippen LogP contribution < -0.4 is 0 Å². The minimum atomic E-state index is -0.501. The van der Waals surface area contributed by atoms with Gasteiger partial charge in [-0.2, -0.15) is 5.10 Å². The van der Waals surface area contributed by atoms with Crippen molar-refractivity contribution in [3.8, 4) is 0 Å². The molecular formula is C14H17N3O. The number of hydrogen-bond acceptors (Lipinski definition) is 3. The van der Waals surface area contributed by atoms with Gasteiger partial charge in [-0.05, 0) is 36.0 Å². The highest BCUT2D eigenvalue weighted by Crippen LogP contribution is 2.26. The zero-order valence-corrected chi connectivity index (χ0v) is 10.5. The van der Waals surface area contributed by atoms with E-state index in [1.807, 2.05) is 13.1 Å². The van der Waals surface area contributed by atoms with E-state index in [2.05, 4.69) is 22.2 Å². The first kappa shape index (κ1) is 11.4. The number of benzene rings is 1. The maximum atomic E-state index is 10.3. The summed E-state index contributed by atoms with van der Waals surface area (Å²) in [5.74, 6) is 0.808. The molecule has 18 heavy (non-hydrogen) atoms. The summed E-state index contributed by atoms with van der Waals surface area (Å²) >= 11 is 0. The van der Waals surface area contributed by atoms with Crippen LogP contribution in [0.4, 0.5) is 0 Å². The first-order valence-electron chi connectivity index (χ1n) is 6.36. The van der Waals surface area contributed by atoms with Gasteiger partial charge in [-0.15, -0.1) is 0 Å². The fourth-order valence-electron chi connectivity index (χ4n) is 2.59. The van der Waals surface area contributed by atoms with Crippen LogP contribution in [0.2, 0.25) is 0 Å². The highest BCUT2D eigenvalue weighted by molar-refractivity contribution is 5.36. The van der Waals surface area contributed by atoms with Crippen molar-refractivity contribution < 1.29 is 5.11 Å². The minimum Gasteiger partial charge on any atom is -0.388 e. The molecule has 94 valence electrons. The van der Waals surface area contributed by atoms with Crippen molar-refractivity contribution >= 4 is 0 Å². The zero-order chi connectivity index (χ0) is 12.5. The highest BCUT2D eigenvalue weighted by Gasteiger charge is 2.16. The summed E-state index contributed by atoms with van der Waals surface area (Å²) < 4.78 is 1.70. The van der Waals surface area contributed by atoms with Crippen LogP contribution in [0.15, 0.2) is 24.5 Å². The SMILES string of the molecule is Cn1ncnc1CC(O)c1ccc2c(c1)CCC2. The van der Waals surface area contributed by atoms with Crippen molar-refractivity contribution in [2.45, 2.75) is 31.8 Å². The molecule has 0 fully saturated rings. The predicted molar refractivity (Wildman–Crippen MR) is 68.1 cm³/mol. The van der Waals surface area contributed by atoms with E-state index in [1.54, 1.807) is 4.68 Å². The van der Waals surface area contributed by atoms with Crippen LogP contribution in [0.3, 0.4) is 0 Å². The van der Waals surface area contributed by atoms with Gasteiger partial charge >= 0.3 is 0 Å². The van der Waals surface area contributed by atoms with Gasteiger partial charge in [0.2, 0.25) is 0 Å². The maximum Gasteiger partial charge on any atom is 0.138 e. The van der Waals surface area contributed by atoms with Gasteiger partial charge in [0.05, 0.1) is 6.10 Å². The lowest BCUT2D eigenvalue weighted by Gasteiger charge is -2.12. The molecule has 0 bridgehead atoms. The van der Waals surface area contributed by atoms with Gasteiger partial charge in [0.1, 0.15) is 12.2 Å². The third-order valence-electron chi connectivity index (χ3n) is 3.69. The fraction of sp³-hybridized carbons (Fsp3) is 0.429. The van der Waals surface area contributed by atoms with E-state index in [0.717, 1.165) is 17.8 Å². The fourth-order valence-corrected chi connectivity index (χ4v) is 2.59. The van der Waals surface area contributed by atoms with Crippen LogP contribution in [0.1, 0.15) is 35.0 Å². The van der Waals surface area contributed by atoms with Crippen molar-refractivity contribution in [1.29, 1.82) is 0 Å². The average molecular weight is 243 g/mol. The van der Waals surface area contributed by atoms with E-state index in [0.29, 0.717) is 6.42 Å². The first-order valence-corrected chi connectivity index (χ1v) is 6.36. The van der Waals surface area contributed by atoms with E-state index in [1.165, 1.54) is 30.3 Å². The lowest BCUT2D eigenvalue weighted by Crippen LogP contribution is -2.08. The number of aliphatic hydroxyl groups excluding tert-OH is 1. The summed E-state index contributed by atoms with van der Waals surface area (Å²) in [6.45, 7) is 0. The van der Waals surface area contributed by atoms with Gasteiger partial charge in [-0.1, -0.05) is 18.2 Å². The number of hydrogen-bond donors (Lipinski definition) is 1. The topological polar surface area (TPSA) is 50.9 Å². The number of aliphatic hydroxyl groups is 1. The predicted octanol–water partition coefficient (Wildman–Crippen LogP) is 1.58. The Bertz CT molecular complexity index is 562. The third kappa shape index (κ3) is 2.04. The Balaban J connectivity index is 1.80. The Morgan fingerprint density at radius 2 is 2.17 bits per heavy atom. The third-order valence-corrected chi connectivity index (χ3v) is 3.69. The molecule has 0 aliphatic heterocycles. The number of aryl methyl sites for hydroxylation is 3. The van der Waals surface area contributed by atoms with E-state index in [4.69, 9.17) is 0 Å². The van der Waals surface area contributed by atoms with Gasteiger partial charge in [0.25, 0.3) is 0 Å². The molecule has 1 N–H and O–H groups in total. The van der Waals surface area contributed by atoms with Gasteiger partial charge < -0.3 is 5.11 Å². The molecule has 0 amide bonds. The molecule has 0 saturated heterocycles. The van der Waals surface area contributed by atoms with Crippen molar-refractivity contribution in [3.63, 3.8) is 0 Å². The summed E-state index contributed by atoms with van der Waals surface area (Å²) in [6, 6.07) is 6.33. The quantitative estimate of drug-likeness (QED) is 0.890. The second kappa shape index (κ2) is 4.53. The minimum absolute atomic E-state index is 0.501. The summed E-state index contributed by atoms with van der Waals surface area (Å²) in [5.41, 5.74) is 3.81. The molecule has 1 unspecified atom stereocenters. The molecule has 1 aliphatic rings. The van der Waals surface area contributed by atoms with E-state index < -0.39 is 6.10 Å². The smallest absolute Gasteiger partial charge is 0.138 e. The van der Waals surface area contributed by atoms with Crippen molar-refractivity contribution in [1.82, 2.24) is 14.8 Å². The van der Waals surface area contributed by atoms with Crippen LogP contribution in [-0.4, -0.2) is 19.9 Å². The Labute approximate surface area is 106 Å². The number of fused-ring (bicyclic) bond motifs is 1. The first-order chi connectivity index (χ1) is 8.74. The van der Waals surface area contributed by atoms with Gasteiger partial charge in [-0.3, -0.25) is 4.68 Å². The normalized spacial score (nSPS) is 15.7. The van der Waals surface area contributed by atoms with Gasteiger partial charge in [-0.25, -0.2) is 4.98 Å². The molecule has 0 spiro atoms. The summed E-state index contributed by atoms with van der Waals surface area (Å²) in [5, 5.41) is 14.3. The summed E-state index contributed by atoms with van der Waals surface area (Å²) in [4.78, 5) is 4.15. The molecule has 2 aromatic rings. The second-order valence-corrected chi connectivity index (χ2v) is 4.90. The Hall–Kier alpha value is -1.68. The summed E-state index contributed by atoms with van der Waals surface area (Å²) in [6.07, 6.45) is 5.08. The lowest BCUT2D eigenvalue weighted by atomic mass is 10.0. The molecule has 1 aromatic heterocycles. The van der Waals surface area contributed by atoms with Crippen LogP contribution in [0.25, 0.3) is 0 Å². The number of nitrogens with zero attached hydrogens (tertiary/aromatic N) is 3.